The van der Waals surface area contributed by atoms with Gasteiger partial charge in [-0.25, -0.2) is 4.98 Å². The van der Waals surface area contributed by atoms with Crippen molar-refractivity contribution in [3.8, 4) is 5.75 Å². The van der Waals surface area contributed by atoms with Crippen LogP contribution in [0.5, 0.6) is 5.75 Å². The highest BCUT2D eigenvalue weighted by Crippen LogP contribution is 2.33. The number of ether oxygens (including phenoxy) is 1. The van der Waals surface area contributed by atoms with Gasteiger partial charge in [-0.15, -0.1) is 11.3 Å². The summed E-state index contributed by atoms with van der Waals surface area (Å²) in [5.74, 6) is 1.72. The van der Waals surface area contributed by atoms with Gasteiger partial charge in [-0.2, -0.15) is 0 Å². The molecule has 2 aromatic rings. The Morgan fingerprint density at radius 3 is 2.72 bits per heavy atom. The number of hydrogen-bond acceptors (Lipinski definition) is 5. The van der Waals surface area contributed by atoms with Crippen molar-refractivity contribution in [2.45, 2.75) is 51.1 Å². The van der Waals surface area contributed by atoms with E-state index in [1.54, 1.807) is 18.4 Å². The zero-order chi connectivity index (χ0) is 20.1. The molecule has 1 saturated carbocycles. The molecule has 6 heteroatoms. The van der Waals surface area contributed by atoms with Gasteiger partial charge in [0.05, 0.1) is 13.2 Å². The van der Waals surface area contributed by atoms with Crippen molar-refractivity contribution < 1.29 is 9.53 Å². The van der Waals surface area contributed by atoms with Crippen molar-refractivity contribution in [1.29, 1.82) is 0 Å². The van der Waals surface area contributed by atoms with Gasteiger partial charge in [0.25, 0.3) is 0 Å². The molecular weight excluding hydrogens is 382 g/mol. The van der Waals surface area contributed by atoms with E-state index in [9.17, 15) is 4.79 Å². The molecule has 1 aromatic heterocycles. The largest absolute Gasteiger partial charge is 0.497 e. The minimum absolute atomic E-state index is 0.0294. The molecule has 0 radical (unpaired) electrons. The Morgan fingerprint density at radius 1 is 1.24 bits per heavy atom. The van der Waals surface area contributed by atoms with Crippen LogP contribution in [0.2, 0.25) is 0 Å². The van der Waals surface area contributed by atoms with Crippen LogP contribution in [0.3, 0.4) is 0 Å². The van der Waals surface area contributed by atoms with E-state index in [0.717, 1.165) is 56.1 Å². The average molecular weight is 414 g/mol. The number of carbonyl (C=O) groups is 1. The minimum Gasteiger partial charge on any atom is -0.497 e. The zero-order valence-electron chi connectivity index (χ0n) is 17.2. The highest BCUT2D eigenvalue weighted by atomic mass is 32.1. The first-order valence-corrected chi connectivity index (χ1v) is 11.7. The number of thiazole rings is 1. The lowest BCUT2D eigenvalue weighted by molar-refractivity contribution is -0.126. The Kier molecular flexibility index (Phi) is 6.82. The van der Waals surface area contributed by atoms with Crippen LogP contribution in [-0.2, 0) is 11.3 Å². The van der Waals surface area contributed by atoms with Gasteiger partial charge in [-0.05, 0) is 55.8 Å². The third-order valence-corrected chi connectivity index (χ3v) is 7.18. The molecule has 1 N–H and O–H groups in total. The number of nitrogens with zero attached hydrogens (tertiary/aromatic N) is 2. The maximum Gasteiger partial charge on any atom is 0.223 e. The summed E-state index contributed by atoms with van der Waals surface area (Å²) in [6.07, 6.45) is 8.57. The second kappa shape index (κ2) is 9.72. The lowest BCUT2D eigenvalue weighted by Crippen LogP contribution is -2.43. The van der Waals surface area contributed by atoms with Crippen molar-refractivity contribution in [1.82, 2.24) is 15.2 Å². The third-order valence-electron chi connectivity index (χ3n) is 6.32. The number of methoxy groups -OCH3 is 1. The maximum absolute atomic E-state index is 12.9. The van der Waals surface area contributed by atoms with Crippen LogP contribution in [0.4, 0.5) is 0 Å². The Labute approximate surface area is 177 Å². The number of aromatic nitrogens is 1. The van der Waals surface area contributed by atoms with Gasteiger partial charge < -0.3 is 10.1 Å². The molecule has 1 aromatic carbocycles. The van der Waals surface area contributed by atoms with E-state index in [2.05, 4.69) is 27.3 Å². The van der Waals surface area contributed by atoms with Gasteiger partial charge in [0, 0.05) is 30.6 Å². The molecule has 0 bridgehead atoms. The molecule has 4 rings (SSSR count). The van der Waals surface area contributed by atoms with Crippen LogP contribution in [0.1, 0.15) is 55.1 Å². The molecule has 1 aliphatic carbocycles. The van der Waals surface area contributed by atoms with Gasteiger partial charge >= 0.3 is 0 Å². The molecule has 2 unspecified atom stereocenters. The summed E-state index contributed by atoms with van der Waals surface area (Å²) in [6.45, 7) is 3.02. The van der Waals surface area contributed by atoms with Crippen molar-refractivity contribution >= 4 is 17.2 Å². The molecule has 2 atom stereocenters. The number of carbonyl (C=O) groups excluding carboxylic acids is 1. The summed E-state index contributed by atoms with van der Waals surface area (Å²) in [6, 6.07) is 8.36. The van der Waals surface area contributed by atoms with Gasteiger partial charge in [0.15, 0.2) is 0 Å². The second-order valence-electron chi connectivity index (χ2n) is 8.32. The summed E-state index contributed by atoms with van der Waals surface area (Å²) in [5, 5.41) is 6.46. The summed E-state index contributed by atoms with van der Waals surface area (Å²) < 4.78 is 5.27. The molecule has 29 heavy (non-hydrogen) atoms. The van der Waals surface area contributed by atoms with E-state index in [-0.39, 0.29) is 17.9 Å². The monoisotopic (exact) mass is 413 g/mol. The first kappa shape index (κ1) is 20.4. The Hall–Kier alpha value is -1.92. The number of nitrogens with one attached hydrogen (secondary N) is 1. The molecule has 2 aliphatic rings. The van der Waals surface area contributed by atoms with Crippen LogP contribution in [0.15, 0.2) is 35.8 Å². The maximum atomic E-state index is 12.9. The molecule has 1 saturated heterocycles. The number of piperidine rings is 1. The number of rotatable bonds is 7. The van der Waals surface area contributed by atoms with E-state index in [1.807, 2.05) is 23.7 Å². The molecule has 2 fully saturated rings. The smallest absolute Gasteiger partial charge is 0.223 e. The van der Waals surface area contributed by atoms with Crippen LogP contribution in [0, 0.1) is 11.8 Å². The Morgan fingerprint density at radius 2 is 2.03 bits per heavy atom. The first-order valence-electron chi connectivity index (χ1n) is 10.8. The zero-order valence-corrected chi connectivity index (χ0v) is 18.0. The van der Waals surface area contributed by atoms with Gasteiger partial charge in [-0.1, -0.05) is 25.0 Å². The Bertz CT molecular complexity index is 772. The fourth-order valence-electron chi connectivity index (χ4n) is 4.72. The molecule has 2 heterocycles. The van der Waals surface area contributed by atoms with Gasteiger partial charge in [-0.3, -0.25) is 9.69 Å². The lowest BCUT2D eigenvalue weighted by atomic mass is 9.90. The molecule has 1 amide bonds. The van der Waals surface area contributed by atoms with Crippen LogP contribution in [0.25, 0.3) is 0 Å². The van der Waals surface area contributed by atoms with E-state index in [1.165, 1.54) is 18.4 Å². The predicted molar refractivity (Wildman–Crippen MR) is 116 cm³/mol. The van der Waals surface area contributed by atoms with E-state index >= 15 is 0 Å². The van der Waals surface area contributed by atoms with Crippen LogP contribution in [-0.4, -0.2) is 36.0 Å². The number of likely N-dealkylation sites (tertiary alicyclic amines) is 1. The third kappa shape index (κ3) is 5.17. The average Bonchev–Trinajstić information content (AvgIpc) is 3.47. The minimum atomic E-state index is 0.0294. The van der Waals surface area contributed by atoms with Crippen LogP contribution >= 0.6 is 11.3 Å². The SMILES string of the molecule is COc1ccc(CN2CCCC(C(NC(=O)C3CCCC3)c3nccs3)C2)cc1. The molecule has 0 spiro atoms. The van der Waals surface area contributed by atoms with Crippen molar-refractivity contribution in [3.05, 3.63) is 46.4 Å². The van der Waals surface area contributed by atoms with Crippen LogP contribution < -0.4 is 10.1 Å². The summed E-state index contributed by atoms with van der Waals surface area (Å²) in [5.41, 5.74) is 1.30. The fourth-order valence-corrected chi connectivity index (χ4v) is 5.51. The van der Waals surface area contributed by atoms with E-state index in [4.69, 9.17) is 4.74 Å². The molecule has 5 nitrogen and oxygen atoms in total. The number of amides is 1. The number of benzene rings is 1. The highest BCUT2D eigenvalue weighted by molar-refractivity contribution is 7.09. The summed E-state index contributed by atoms with van der Waals surface area (Å²) >= 11 is 1.66. The highest BCUT2D eigenvalue weighted by Gasteiger charge is 2.33. The van der Waals surface area contributed by atoms with Crippen molar-refractivity contribution in [2.24, 2.45) is 11.8 Å². The van der Waals surface area contributed by atoms with Gasteiger partial charge in [0.2, 0.25) is 5.91 Å². The molecular formula is C23H31N3O2S. The van der Waals surface area contributed by atoms with E-state index in [0.29, 0.717) is 5.92 Å². The van der Waals surface area contributed by atoms with Gasteiger partial charge in [0.1, 0.15) is 10.8 Å². The lowest BCUT2D eigenvalue weighted by Gasteiger charge is -2.37. The topological polar surface area (TPSA) is 54.5 Å². The standard InChI is InChI=1S/C23H31N3O2S/c1-28-20-10-8-17(9-11-20)15-26-13-4-7-19(16-26)21(23-24-12-14-29-23)25-22(27)18-5-2-3-6-18/h8-12,14,18-19,21H,2-7,13,15-16H2,1H3,(H,25,27). The molecule has 156 valence electrons. The summed E-state index contributed by atoms with van der Waals surface area (Å²) in [4.78, 5) is 19.9. The normalized spacial score (nSPS) is 21.8. The summed E-state index contributed by atoms with van der Waals surface area (Å²) in [7, 11) is 1.70. The Balaban J connectivity index is 1.43. The van der Waals surface area contributed by atoms with Crippen molar-refractivity contribution in [3.63, 3.8) is 0 Å². The fraction of sp³-hybridized carbons (Fsp3) is 0.565. The first-order chi connectivity index (χ1) is 14.2. The van der Waals surface area contributed by atoms with Crippen molar-refractivity contribution in [2.75, 3.05) is 20.2 Å². The number of hydrogen-bond donors (Lipinski definition) is 1. The molecule has 1 aliphatic heterocycles. The second-order valence-corrected chi connectivity index (χ2v) is 9.25. The quantitative estimate of drug-likeness (QED) is 0.730. The predicted octanol–water partition coefficient (Wildman–Crippen LogP) is 4.41. The van der Waals surface area contributed by atoms with E-state index < -0.39 is 0 Å².